The van der Waals surface area contributed by atoms with Gasteiger partial charge in [-0.1, -0.05) is 19.9 Å². The van der Waals surface area contributed by atoms with Gasteiger partial charge >= 0.3 is 6.16 Å². The van der Waals surface area contributed by atoms with Crippen LogP contribution in [0.25, 0.3) is 0 Å². The van der Waals surface area contributed by atoms with Gasteiger partial charge in [0.05, 0.1) is 0 Å². The Kier molecular flexibility index (Phi) is 4.94. The van der Waals surface area contributed by atoms with E-state index in [2.05, 4.69) is 0 Å². The van der Waals surface area contributed by atoms with Gasteiger partial charge in [0.2, 0.25) is 0 Å². The molecule has 0 fully saturated rings. The van der Waals surface area contributed by atoms with Crippen LogP contribution in [0.4, 0.5) is 9.18 Å². The van der Waals surface area contributed by atoms with Crippen LogP contribution >= 0.6 is 0 Å². The first-order valence-electron chi connectivity index (χ1n) is 5.61. The second-order valence-electron chi connectivity index (χ2n) is 4.37. The molecule has 0 N–H and O–H groups in total. The molecule has 0 heterocycles. The highest BCUT2D eigenvalue weighted by Gasteiger charge is 2.13. The van der Waals surface area contributed by atoms with Crippen LogP contribution in [0, 0.1) is 11.7 Å². The summed E-state index contributed by atoms with van der Waals surface area (Å²) in [4.78, 5) is 11.3. The van der Waals surface area contributed by atoms with Crippen LogP contribution in [-0.4, -0.2) is 12.3 Å². The third-order valence-electron chi connectivity index (χ3n) is 2.10. The summed E-state index contributed by atoms with van der Waals surface area (Å²) in [5.74, 6) is 0.129. The van der Waals surface area contributed by atoms with E-state index >= 15 is 0 Å². The molecule has 3 nitrogen and oxygen atoms in total. The van der Waals surface area contributed by atoms with Crippen molar-refractivity contribution in [2.24, 2.45) is 5.92 Å². The lowest BCUT2D eigenvalue weighted by Crippen LogP contribution is -2.19. The van der Waals surface area contributed by atoms with Crippen molar-refractivity contribution in [3.8, 4) is 5.75 Å². The topological polar surface area (TPSA) is 35.5 Å². The van der Waals surface area contributed by atoms with Crippen molar-refractivity contribution in [1.29, 1.82) is 0 Å². The minimum atomic E-state index is -0.802. The van der Waals surface area contributed by atoms with E-state index in [1.165, 1.54) is 18.2 Å². The molecule has 1 rings (SSSR count). The fourth-order valence-corrected chi connectivity index (χ4v) is 1.53. The van der Waals surface area contributed by atoms with Crippen LogP contribution in [-0.2, 0) is 4.74 Å². The van der Waals surface area contributed by atoms with Gasteiger partial charge in [0, 0.05) is 6.07 Å². The summed E-state index contributed by atoms with van der Waals surface area (Å²) in [6.45, 7) is 5.88. The quantitative estimate of drug-likeness (QED) is 0.593. The van der Waals surface area contributed by atoms with Gasteiger partial charge in [-0.15, -0.1) is 0 Å². The molecule has 1 aromatic carbocycles. The first kappa shape index (κ1) is 13.5. The standard InChI is InChI=1S/C13H17FO3/c1-9(2)7-10(3)16-13(15)17-12-6-4-5-11(14)8-12/h4-6,8-10H,7H2,1-3H3/t10-/m1/s1. The zero-order valence-corrected chi connectivity index (χ0v) is 10.3. The van der Waals surface area contributed by atoms with Gasteiger partial charge in [-0.3, -0.25) is 0 Å². The van der Waals surface area contributed by atoms with Crippen LogP contribution in [0.3, 0.4) is 0 Å². The zero-order valence-electron chi connectivity index (χ0n) is 10.3. The molecule has 0 radical (unpaired) electrons. The Morgan fingerprint density at radius 3 is 2.65 bits per heavy atom. The molecule has 0 bridgehead atoms. The second kappa shape index (κ2) is 6.23. The summed E-state index contributed by atoms with van der Waals surface area (Å²) >= 11 is 0. The fourth-order valence-electron chi connectivity index (χ4n) is 1.53. The van der Waals surface area contributed by atoms with Crippen LogP contribution in [0.1, 0.15) is 27.2 Å². The van der Waals surface area contributed by atoms with E-state index in [1.807, 2.05) is 13.8 Å². The zero-order chi connectivity index (χ0) is 12.8. The molecular formula is C13H17FO3. The minimum absolute atomic E-state index is 0.145. The van der Waals surface area contributed by atoms with Gasteiger partial charge in [0.15, 0.2) is 0 Å². The Balaban J connectivity index is 2.44. The van der Waals surface area contributed by atoms with Crippen molar-refractivity contribution in [3.63, 3.8) is 0 Å². The normalized spacial score (nSPS) is 12.3. The summed E-state index contributed by atoms with van der Waals surface area (Å²) in [5.41, 5.74) is 0. The maximum absolute atomic E-state index is 12.8. The molecule has 0 aliphatic heterocycles. The van der Waals surface area contributed by atoms with Gasteiger partial charge in [0.1, 0.15) is 17.7 Å². The minimum Gasteiger partial charge on any atom is -0.431 e. The summed E-state index contributed by atoms with van der Waals surface area (Å²) in [6.07, 6.45) is -0.252. The Hall–Kier alpha value is -1.58. The second-order valence-corrected chi connectivity index (χ2v) is 4.37. The summed E-state index contributed by atoms with van der Waals surface area (Å²) in [5, 5.41) is 0. The molecule has 4 heteroatoms. The third-order valence-corrected chi connectivity index (χ3v) is 2.10. The largest absolute Gasteiger partial charge is 0.514 e. The lowest BCUT2D eigenvalue weighted by Gasteiger charge is -2.14. The van der Waals surface area contributed by atoms with E-state index in [0.717, 1.165) is 12.5 Å². The number of hydrogen-bond donors (Lipinski definition) is 0. The third kappa shape index (κ3) is 5.33. The van der Waals surface area contributed by atoms with Crippen molar-refractivity contribution in [1.82, 2.24) is 0 Å². The van der Waals surface area contributed by atoms with Crippen molar-refractivity contribution in [2.45, 2.75) is 33.3 Å². The lowest BCUT2D eigenvalue weighted by molar-refractivity contribution is 0.0573. The fraction of sp³-hybridized carbons (Fsp3) is 0.462. The summed E-state index contributed by atoms with van der Waals surface area (Å²) < 4.78 is 22.7. The highest BCUT2D eigenvalue weighted by molar-refractivity contribution is 5.63. The van der Waals surface area contributed by atoms with E-state index in [-0.39, 0.29) is 11.9 Å². The monoisotopic (exact) mass is 240 g/mol. The summed E-state index contributed by atoms with van der Waals surface area (Å²) in [7, 11) is 0. The molecule has 1 aromatic rings. The van der Waals surface area contributed by atoms with Crippen molar-refractivity contribution >= 4 is 6.16 Å². The number of carbonyl (C=O) groups excluding carboxylic acids is 1. The smallest absolute Gasteiger partial charge is 0.431 e. The molecule has 0 saturated carbocycles. The van der Waals surface area contributed by atoms with Crippen LogP contribution < -0.4 is 4.74 Å². The molecule has 94 valence electrons. The molecule has 0 spiro atoms. The molecule has 0 unspecified atom stereocenters. The van der Waals surface area contributed by atoms with Gasteiger partial charge in [-0.25, -0.2) is 9.18 Å². The van der Waals surface area contributed by atoms with Crippen molar-refractivity contribution < 1.29 is 18.7 Å². The van der Waals surface area contributed by atoms with E-state index in [4.69, 9.17) is 9.47 Å². The number of hydrogen-bond acceptors (Lipinski definition) is 3. The summed E-state index contributed by atoms with van der Waals surface area (Å²) in [6, 6.07) is 5.38. The van der Waals surface area contributed by atoms with Gasteiger partial charge in [-0.2, -0.15) is 0 Å². The van der Waals surface area contributed by atoms with Crippen molar-refractivity contribution in [2.75, 3.05) is 0 Å². The number of benzene rings is 1. The first-order valence-corrected chi connectivity index (χ1v) is 5.61. The Bertz CT molecular complexity index is 377. The molecule has 0 aromatic heterocycles. The first-order chi connectivity index (χ1) is 7.97. The number of rotatable bonds is 4. The van der Waals surface area contributed by atoms with Gasteiger partial charge < -0.3 is 9.47 Å². The Morgan fingerprint density at radius 2 is 2.06 bits per heavy atom. The Morgan fingerprint density at radius 1 is 1.35 bits per heavy atom. The predicted molar refractivity (Wildman–Crippen MR) is 62.4 cm³/mol. The number of halogens is 1. The average molecular weight is 240 g/mol. The maximum Gasteiger partial charge on any atom is 0.514 e. The molecular weight excluding hydrogens is 223 g/mol. The number of ether oxygens (including phenoxy) is 2. The van der Waals surface area contributed by atoms with E-state index in [9.17, 15) is 9.18 Å². The van der Waals surface area contributed by atoms with E-state index in [0.29, 0.717) is 5.92 Å². The predicted octanol–water partition coefficient (Wildman–Crippen LogP) is 3.78. The molecule has 0 saturated heterocycles. The average Bonchev–Trinajstić information content (AvgIpc) is 2.14. The van der Waals surface area contributed by atoms with Gasteiger partial charge in [0.25, 0.3) is 0 Å². The van der Waals surface area contributed by atoms with Crippen molar-refractivity contribution in [3.05, 3.63) is 30.1 Å². The SMILES string of the molecule is CC(C)C[C@@H](C)OC(=O)Oc1cccc(F)c1. The lowest BCUT2D eigenvalue weighted by atomic mass is 10.1. The molecule has 0 aliphatic carbocycles. The highest BCUT2D eigenvalue weighted by atomic mass is 19.1. The molecule has 17 heavy (non-hydrogen) atoms. The Labute approximate surface area is 101 Å². The highest BCUT2D eigenvalue weighted by Crippen LogP contribution is 2.14. The molecule has 0 amide bonds. The number of carbonyl (C=O) groups is 1. The molecule has 0 aliphatic rings. The van der Waals surface area contributed by atoms with E-state index in [1.54, 1.807) is 6.92 Å². The maximum atomic E-state index is 12.8. The van der Waals surface area contributed by atoms with Crippen LogP contribution in [0.2, 0.25) is 0 Å². The van der Waals surface area contributed by atoms with E-state index < -0.39 is 12.0 Å². The van der Waals surface area contributed by atoms with Gasteiger partial charge in [-0.05, 0) is 31.4 Å². The van der Waals surface area contributed by atoms with Crippen LogP contribution in [0.15, 0.2) is 24.3 Å². The molecule has 1 atom stereocenters. The van der Waals surface area contributed by atoms with Crippen LogP contribution in [0.5, 0.6) is 5.75 Å².